The molecule has 0 aliphatic rings. The number of nitrogens with one attached hydrogen (secondary N) is 1. The van der Waals surface area contributed by atoms with E-state index in [4.69, 9.17) is 4.42 Å². The molecule has 0 fully saturated rings. The Labute approximate surface area is 125 Å². The van der Waals surface area contributed by atoms with Gasteiger partial charge in [0, 0.05) is 0 Å². The Hall–Kier alpha value is -2.06. The molecule has 1 aromatic heterocycles. The Bertz CT molecular complexity index is 729. The highest BCUT2D eigenvalue weighted by Crippen LogP contribution is 2.23. The molecule has 3 rings (SSSR count). The maximum atomic E-state index is 5.80. The van der Waals surface area contributed by atoms with Crippen molar-refractivity contribution < 1.29 is 4.42 Å². The first-order valence-corrected chi connectivity index (χ1v) is 7.53. The van der Waals surface area contributed by atoms with Crippen LogP contribution in [0.2, 0.25) is 0 Å². The molecule has 0 radical (unpaired) electrons. The fraction of sp³-hybridized carbons (Fsp3) is 0.263. The molecule has 2 heteroatoms. The average Bonchev–Trinajstić information content (AvgIpc) is 2.93. The fourth-order valence-corrected chi connectivity index (χ4v) is 2.76. The van der Waals surface area contributed by atoms with Crippen molar-refractivity contribution in [1.29, 1.82) is 0 Å². The molecule has 0 saturated heterocycles. The maximum Gasteiger partial charge on any atom is 0.121 e. The van der Waals surface area contributed by atoms with E-state index in [1.54, 1.807) is 0 Å². The van der Waals surface area contributed by atoms with E-state index < -0.39 is 0 Å². The monoisotopic (exact) mass is 279 g/mol. The van der Waals surface area contributed by atoms with E-state index in [0.717, 1.165) is 24.5 Å². The fourth-order valence-electron chi connectivity index (χ4n) is 2.76. The van der Waals surface area contributed by atoms with E-state index in [0.29, 0.717) is 0 Å². The van der Waals surface area contributed by atoms with Crippen molar-refractivity contribution in [3.05, 3.63) is 71.7 Å². The normalized spacial score (nSPS) is 12.7. The van der Waals surface area contributed by atoms with Crippen molar-refractivity contribution >= 4 is 10.8 Å². The van der Waals surface area contributed by atoms with Crippen molar-refractivity contribution in [3.8, 4) is 0 Å². The van der Waals surface area contributed by atoms with Crippen LogP contribution < -0.4 is 5.32 Å². The van der Waals surface area contributed by atoms with Gasteiger partial charge in [0.15, 0.2) is 0 Å². The first-order valence-electron chi connectivity index (χ1n) is 7.53. The Balaban J connectivity index is 1.86. The number of aryl methyl sites for hydroxylation is 1. The lowest BCUT2D eigenvalue weighted by Gasteiger charge is -2.16. The zero-order valence-electron chi connectivity index (χ0n) is 12.6. The summed E-state index contributed by atoms with van der Waals surface area (Å²) in [6.45, 7) is 5.05. The number of benzene rings is 2. The highest BCUT2D eigenvalue weighted by atomic mass is 16.3. The number of rotatable bonds is 5. The molecule has 1 unspecified atom stereocenters. The van der Waals surface area contributed by atoms with Gasteiger partial charge in [-0.25, -0.2) is 0 Å². The van der Waals surface area contributed by atoms with Gasteiger partial charge in [0.1, 0.15) is 11.5 Å². The first kappa shape index (κ1) is 13.9. The molecule has 0 saturated carbocycles. The zero-order valence-corrected chi connectivity index (χ0v) is 12.6. The number of hydrogen-bond acceptors (Lipinski definition) is 2. The third-order valence-electron chi connectivity index (χ3n) is 3.81. The van der Waals surface area contributed by atoms with Crippen LogP contribution >= 0.6 is 0 Å². The quantitative estimate of drug-likeness (QED) is 0.736. The molecule has 1 N–H and O–H groups in total. The lowest BCUT2D eigenvalue weighted by molar-refractivity contribution is 0.403. The summed E-state index contributed by atoms with van der Waals surface area (Å²) in [4.78, 5) is 0. The smallest absolute Gasteiger partial charge is 0.121 e. The third kappa shape index (κ3) is 3.17. The highest BCUT2D eigenvalue weighted by molar-refractivity contribution is 5.83. The molecule has 2 nitrogen and oxygen atoms in total. The lowest BCUT2D eigenvalue weighted by atomic mass is 10.0. The molecule has 2 aromatic carbocycles. The van der Waals surface area contributed by atoms with Crippen LogP contribution in [-0.4, -0.2) is 6.54 Å². The number of likely N-dealkylation sites (N-methyl/N-ethyl adjacent to an activating group) is 1. The minimum atomic E-state index is 0.227. The van der Waals surface area contributed by atoms with Crippen molar-refractivity contribution in [2.45, 2.75) is 26.3 Å². The van der Waals surface area contributed by atoms with Crippen molar-refractivity contribution in [2.24, 2.45) is 0 Å². The van der Waals surface area contributed by atoms with E-state index in [-0.39, 0.29) is 6.04 Å². The lowest BCUT2D eigenvalue weighted by Crippen LogP contribution is -2.22. The van der Waals surface area contributed by atoms with Crippen molar-refractivity contribution in [3.63, 3.8) is 0 Å². The summed E-state index contributed by atoms with van der Waals surface area (Å²) in [5.74, 6) is 1.98. The average molecular weight is 279 g/mol. The standard InChI is InChI=1S/C19H21NO/c1-3-20-18(19-11-8-14(2)21-19)13-15-9-10-16-6-4-5-7-17(16)12-15/h4-12,18,20H,3,13H2,1-2H3. The summed E-state index contributed by atoms with van der Waals surface area (Å²) in [5.41, 5.74) is 1.33. The van der Waals surface area contributed by atoms with Gasteiger partial charge in [-0.2, -0.15) is 0 Å². The minimum Gasteiger partial charge on any atom is -0.465 e. The van der Waals surface area contributed by atoms with Crippen LogP contribution in [0.3, 0.4) is 0 Å². The van der Waals surface area contributed by atoms with Gasteiger partial charge in [0.2, 0.25) is 0 Å². The number of fused-ring (bicyclic) bond motifs is 1. The summed E-state index contributed by atoms with van der Waals surface area (Å²) < 4.78 is 5.80. The molecule has 0 spiro atoms. The molecule has 1 heterocycles. The summed E-state index contributed by atoms with van der Waals surface area (Å²) in [6, 6.07) is 19.5. The Morgan fingerprint density at radius 3 is 2.52 bits per heavy atom. The van der Waals surface area contributed by atoms with E-state index in [1.165, 1.54) is 16.3 Å². The predicted octanol–water partition coefficient (Wildman–Crippen LogP) is 4.63. The predicted molar refractivity (Wildman–Crippen MR) is 87.5 cm³/mol. The van der Waals surface area contributed by atoms with Crippen molar-refractivity contribution in [2.75, 3.05) is 6.54 Å². The molecule has 0 amide bonds. The largest absolute Gasteiger partial charge is 0.465 e. The van der Waals surface area contributed by atoms with E-state index >= 15 is 0 Å². The Kier molecular flexibility index (Phi) is 4.07. The molecule has 108 valence electrons. The van der Waals surface area contributed by atoms with Gasteiger partial charge in [-0.1, -0.05) is 49.4 Å². The van der Waals surface area contributed by atoms with Gasteiger partial charge in [-0.15, -0.1) is 0 Å². The minimum absolute atomic E-state index is 0.227. The van der Waals surface area contributed by atoms with Crippen LogP contribution in [0.15, 0.2) is 59.0 Å². The van der Waals surface area contributed by atoms with Crippen LogP contribution in [-0.2, 0) is 6.42 Å². The molecule has 0 aliphatic heterocycles. The molecule has 0 bridgehead atoms. The van der Waals surface area contributed by atoms with Gasteiger partial charge in [-0.3, -0.25) is 0 Å². The Morgan fingerprint density at radius 2 is 1.81 bits per heavy atom. The van der Waals surface area contributed by atoms with E-state index in [1.807, 2.05) is 13.0 Å². The number of furan rings is 1. The summed E-state index contributed by atoms with van der Waals surface area (Å²) in [5, 5.41) is 6.09. The van der Waals surface area contributed by atoms with Crippen LogP contribution in [0.25, 0.3) is 10.8 Å². The molecule has 0 aliphatic carbocycles. The second-order valence-electron chi connectivity index (χ2n) is 5.44. The third-order valence-corrected chi connectivity index (χ3v) is 3.81. The highest BCUT2D eigenvalue weighted by Gasteiger charge is 2.14. The van der Waals surface area contributed by atoms with E-state index in [2.05, 4.69) is 60.8 Å². The second kappa shape index (κ2) is 6.15. The molecular formula is C19H21NO. The van der Waals surface area contributed by atoms with Crippen molar-refractivity contribution in [1.82, 2.24) is 5.32 Å². The van der Waals surface area contributed by atoms with Crippen LogP contribution in [0.4, 0.5) is 0 Å². The van der Waals surface area contributed by atoms with Crippen LogP contribution in [0, 0.1) is 6.92 Å². The van der Waals surface area contributed by atoms with Gasteiger partial charge >= 0.3 is 0 Å². The van der Waals surface area contributed by atoms with E-state index in [9.17, 15) is 0 Å². The molecule has 1 atom stereocenters. The summed E-state index contributed by atoms with van der Waals surface area (Å²) >= 11 is 0. The second-order valence-corrected chi connectivity index (χ2v) is 5.44. The Morgan fingerprint density at radius 1 is 1.00 bits per heavy atom. The van der Waals surface area contributed by atoms with Gasteiger partial charge in [0.25, 0.3) is 0 Å². The van der Waals surface area contributed by atoms with Gasteiger partial charge in [-0.05, 0) is 48.4 Å². The number of hydrogen-bond donors (Lipinski definition) is 1. The first-order chi connectivity index (χ1) is 10.3. The van der Waals surface area contributed by atoms with Gasteiger partial charge in [0.05, 0.1) is 6.04 Å². The van der Waals surface area contributed by atoms with Crippen LogP contribution in [0.1, 0.15) is 30.0 Å². The molecule has 21 heavy (non-hydrogen) atoms. The summed E-state index contributed by atoms with van der Waals surface area (Å²) in [7, 11) is 0. The molecule has 3 aromatic rings. The molecular weight excluding hydrogens is 258 g/mol. The maximum absolute atomic E-state index is 5.80. The van der Waals surface area contributed by atoms with Crippen LogP contribution in [0.5, 0.6) is 0 Å². The van der Waals surface area contributed by atoms with Gasteiger partial charge < -0.3 is 9.73 Å². The SMILES string of the molecule is CCNC(Cc1ccc2ccccc2c1)c1ccc(C)o1. The zero-order chi connectivity index (χ0) is 14.7. The summed E-state index contributed by atoms with van der Waals surface area (Å²) in [6.07, 6.45) is 0.936. The topological polar surface area (TPSA) is 25.2 Å².